The van der Waals surface area contributed by atoms with Crippen LogP contribution in [0.4, 0.5) is 10.1 Å². The zero-order chi connectivity index (χ0) is 12.9. The van der Waals surface area contributed by atoms with Crippen molar-refractivity contribution in [1.82, 2.24) is 9.55 Å². The number of nitrogen functional groups attached to an aromatic ring is 2. The lowest BCUT2D eigenvalue weighted by Crippen LogP contribution is -1.92. The average Bonchev–Trinajstić information content (AvgIpc) is 2.79. The zero-order valence-electron chi connectivity index (χ0n) is 10.3. The van der Waals surface area contributed by atoms with Crippen molar-refractivity contribution < 1.29 is 0 Å². The van der Waals surface area contributed by atoms with Gasteiger partial charge in [0.25, 0.3) is 0 Å². The van der Waals surface area contributed by atoms with Crippen molar-refractivity contribution >= 4 is 32.4 Å². The lowest BCUT2D eigenvalue weighted by Gasteiger charge is -2.00. The molecule has 0 amide bonds. The van der Waals surface area contributed by atoms with Gasteiger partial charge < -0.3 is 16.0 Å². The summed E-state index contributed by atoms with van der Waals surface area (Å²) in [5.41, 5.74) is 16.0. The first kappa shape index (κ1) is 11.1. The summed E-state index contributed by atoms with van der Waals surface area (Å²) in [6, 6.07) is 8.24. The van der Waals surface area contributed by atoms with Gasteiger partial charge in [-0.15, -0.1) is 0 Å². The summed E-state index contributed by atoms with van der Waals surface area (Å²) >= 11 is 1.33. The van der Waals surface area contributed by atoms with Gasteiger partial charge in [0.05, 0.1) is 0 Å². The number of para-hydroxylation sites is 1. The van der Waals surface area contributed by atoms with Crippen LogP contribution in [0, 0.1) is 6.92 Å². The SMILES string of the molecule is Cc1c(-c2nc(N)sc2N)c2ccccc2n1C. The number of rotatable bonds is 1. The summed E-state index contributed by atoms with van der Waals surface area (Å²) < 4.78 is 2.15. The molecule has 0 aliphatic heterocycles. The third kappa shape index (κ3) is 1.41. The maximum absolute atomic E-state index is 6.01. The molecule has 3 aromatic rings. The molecule has 0 bridgehead atoms. The van der Waals surface area contributed by atoms with Gasteiger partial charge in [-0.2, -0.15) is 0 Å². The number of hydrogen-bond acceptors (Lipinski definition) is 4. The predicted octanol–water partition coefficient (Wildman–Crippen LogP) is 2.77. The Kier molecular flexibility index (Phi) is 2.31. The van der Waals surface area contributed by atoms with Crippen molar-refractivity contribution in [3.8, 4) is 11.3 Å². The molecule has 2 aromatic heterocycles. The molecule has 5 heteroatoms. The third-order valence-corrected chi connectivity index (χ3v) is 4.02. The molecule has 0 aliphatic carbocycles. The van der Waals surface area contributed by atoms with E-state index >= 15 is 0 Å². The second kappa shape index (κ2) is 3.74. The summed E-state index contributed by atoms with van der Waals surface area (Å²) in [6.45, 7) is 2.07. The molecule has 4 N–H and O–H groups in total. The number of hydrogen-bond donors (Lipinski definition) is 2. The Bertz CT molecular complexity index is 739. The van der Waals surface area contributed by atoms with Crippen molar-refractivity contribution in [2.24, 2.45) is 7.05 Å². The molecule has 0 saturated carbocycles. The van der Waals surface area contributed by atoms with Gasteiger partial charge in [-0.25, -0.2) is 4.98 Å². The van der Waals surface area contributed by atoms with Gasteiger partial charge in [0.2, 0.25) is 0 Å². The fourth-order valence-electron chi connectivity index (χ4n) is 2.35. The lowest BCUT2D eigenvalue weighted by molar-refractivity contribution is 0.919. The van der Waals surface area contributed by atoms with Gasteiger partial charge in [0.1, 0.15) is 10.7 Å². The normalized spacial score (nSPS) is 11.2. The molecule has 3 rings (SSSR count). The number of nitrogens with zero attached hydrogens (tertiary/aromatic N) is 2. The molecule has 92 valence electrons. The van der Waals surface area contributed by atoms with Crippen molar-refractivity contribution in [2.75, 3.05) is 11.5 Å². The minimum atomic E-state index is 0.509. The van der Waals surface area contributed by atoms with E-state index in [4.69, 9.17) is 11.5 Å². The Morgan fingerprint density at radius 2 is 1.94 bits per heavy atom. The molecule has 0 radical (unpaired) electrons. The van der Waals surface area contributed by atoms with E-state index in [1.165, 1.54) is 16.9 Å². The summed E-state index contributed by atoms with van der Waals surface area (Å²) in [7, 11) is 2.05. The van der Waals surface area contributed by atoms with Crippen LogP contribution >= 0.6 is 11.3 Å². The van der Waals surface area contributed by atoms with Gasteiger partial charge in [-0.05, 0) is 13.0 Å². The van der Waals surface area contributed by atoms with Crippen LogP contribution < -0.4 is 11.5 Å². The van der Waals surface area contributed by atoms with Gasteiger partial charge >= 0.3 is 0 Å². The van der Waals surface area contributed by atoms with Crippen LogP contribution in [0.3, 0.4) is 0 Å². The second-order valence-corrected chi connectivity index (χ2v) is 5.36. The zero-order valence-corrected chi connectivity index (χ0v) is 11.1. The van der Waals surface area contributed by atoms with Crippen molar-refractivity contribution in [3.63, 3.8) is 0 Å². The highest BCUT2D eigenvalue weighted by Gasteiger charge is 2.18. The van der Waals surface area contributed by atoms with E-state index in [2.05, 4.69) is 28.6 Å². The van der Waals surface area contributed by atoms with E-state index < -0.39 is 0 Å². The first-order valence-corrected chi connectivity index (χ1v) is 6.47. The molecule has 0 spiro atoms. The maximum Gasteiger partial charge on any atom is 0.182 e. The number of benzene rings is 1. The largest absolute Gasteiger partial charge is 0.389 e. The first-order valence-electron chi connectivity index (χ1n) is 5.65. The molecule has 0 fully saturated rings. The Morgan fingerprint density at radius 3 is 2.61 bits per heavy atom. The summed E-state index contributed by atoms with van der Waals surface area (Å²) in [6.07, 6.45) is 0. The van der Waals surface area contributed by atoms with Crippen molar-refractivity contribution in [1.29, 1.82) is 0 Å². The standard InChI is InChI=1S/C13H14N4S/c1-7-10(11-12(14)18-13(15)16-11)8-5-3-4-6-9(8)17(7)2/h3-6H,14H2,1-2H3,(H2,15,16). The molecule has 18 heavy (non-hydrogen) atoms. The van der Waals surface area contributed by atoms with E-state index in [1.807, 2.05) is 19.2 Å². The molecule has 2 heterocycles. The quantitative estimate of drug-likeness (QED) is 0.705. The Morgan fingerprint density at radius 1 is 1.22 bits per heavy atom. The van der Waals surface area contributed by atoms with E-state index in [1.54, 1.807) is 0 Å². The van der Waals surface area contributed by atoms with Gasteiger partial charge in [0, 0.05) is 29.2 Å². The first-order chi connectivity index (χ1) is 8.59. The average molecular weight is 258 g/mol. The minimum Gasteiger partial charge on any atom is -0.389 e. The number of aryl methyl sites for hydroxylation is 1. The minimum absolute atomic E-state index is 0.509. The Balaban J connectivity index is 2.42. The summed E-state index contributed by atoms with van der Waals surface area (Å²) in [4.78, 5) is 4.36. The summed E-state index contributed by atoms with van der Waals surface area (Å²) in [5.74, 6) is 0. The molecular weight excluding hydrogens is 244 g/mol. The molecule has 0 atom stereocenters. The number of nitrogens with two attached hydrogens (primary N) is 2. The van der Waals surface area contributed by atoms with Crippen LogP contribution in [0.15, 0.2) is 24.3 Å². The van der Waals surface area contributed by atoms with Crippen LogP contribution in [-0.2, 0) is 7.05 Å². The number of thiazole rings is 1. The van der Waals surface area contributed by atoms with Gasteiger partial charge in [0.15, 0.2) is 5.13 Å². The summed E-state index contributed by atoms with van der Waals surface area (Å²) in [5, 5.41) is 2.34. The molecule has 1 aromatic carbocycles. The van der Waals surface area contributed by atoms with E-state index in [-0.39, 0.29) is 0 Å². The van der Waals surface area contributed by atoms with Crippen LogP contribution in [0.25, 0.3) is 22.2 Å². The number of fused-ring (bicyclic) bond motifs is 1. The number of aromatic nitrogens is 2. The van der Waals surface area contributed by atoms with E-state index in [0.29, 0.717) is 10.1 Å². The molecular formula is C13H14N4S. The van der Waals surface area contributed by atoms with E-state index in [0.717, 1.165) is 22.3 Å². The maximum atomic E-state index is 6.01. The highest BCUT2D eigenvalue weighted by atomic mass is 32.1. The number of anilines is 2. The second-order valence-electron chi connectivity index (χ2n) is 4.30. The van der Waals surface area contributed by atoms with Crippen LogP contribution in [0.5, 0.6) is 0 Å². The fourth-order valence-corrected chi connectivity index (χ4v) is 2.95. The van der Waals surface area contributed by atoms with Gasteiger partial charge in [-0.1, -0.05) is 29.5 Å². The van der Waals surface area contributed by atoms with Crippen LogP contribution in [0.2, 0.25) is 0 Å². The molecule has 0 saturated heterocycles. The Labute approximate surface area is 109 Å². The van der Waals surface area contributed by atoms with Crippen LogP contribution in [0.1, 0.15) is 5.69 Å². The van der Waals surface area contributed by atoms with Crippen LogP contribution in [-0.4, -0.2) is 9.55 Å². The Hall–Kier alpha value is -2.01. The van der Waals surface area contributed by atoms with Crippen molar-refractivity contribution in [2.45, 2.75) is 6.92 Å². The highest BCUT2D eigenvalue weighted by Crippen LogP contribution is 2.39. The fraction of sp³-hybridized carbons (Fsp3) is 0.154. The smallest absolute Gasteiger partial charge is 0.182 e. The molecule has 0 unspecified atom stereocenters. The van der Waals surface area contributed by atoms with E-state index in [9.17, 15) is 0 Å². The lowest BCUT2D eigenvalue weighted by atomic mass is 10.1. The highest BCUT2D eigenvalue weighted by molar-refractivity contribution is 7.19. The monoisotopic (exact) mass is 258 g/mol. The third-order valence-electron chi connectivity index (χ3n) is 3.31. The van der Waals surface area contributed by atoms with Gasteiger partial charge in [-0.3, -0.25) is 0 Å². The molecule has 0 aliphatic rings. The predicted molar refractivity (Wildman–Crippen MR) is 77.6 cm³/mol. The topological polar surface area (TPSA) is 69.9 Å². The van der Waals surface area contributed by atoms with Crippen molar-refractivity contribution in [3.05, 3.63) is 30.0 Å². The molecule has 4 nitrogen and oxygen atoms in total.